The van der Waals surface area contributed by atoms with Crippen molar-refractivity contribution in [3.8, 4) is 11.5 Å². The van der Waals surface area contributed by atoms with Gasteiger partial charge in [0.15, 0.2) is 11.0 Å². The summed E-state index contributed by atoms with van der Waals surface area (Å²) < 4.78 is 13.3. The summed E-state index contributed by atoms with van der Waals surface area (Å²) in [5.41, 5.74) is 0.939. The van der Waals surface area contributed by atoms with E-state index in [2.05, 4.69) is 33.9 Å². The highest BCUT2D eigenvalue weighted by Gasteiger charge is 2.18. The average Bonchev–Trinajstić information content (AvgIpc) is 3.15. The number of para-hydroxylation sites is 3. The molecule has 1 atom stereocenters. The number of nitrogens with one attached hydrogen (secondary N) is 1. The topological polar surface area (TPSA) is 61.2 Å². The molecule has 0 fully saturated rings. The first-order valence-corrected chi connectivity index (χ1v) is 10.3. The summed E-state index contributed by atoms with van der Waals surface area (Å²) in [4.78, 5) is 0. The smallest absolute Gasteiger partial charge is 0.191 e. The van der Waals surface area contributed by atoms with E-state index in [0.29, 0.717) is 6.61 Å². The van der Waals surface area contributed by atoms with Gasteiger partial charge >= 0.3 is 0 Å². The Morgan fingerprint density at radius 3 is 2.57 bits per heavy atom. The van der Waals surface area contributed by atoms with Crippen LogP contribution in [0, 0.1) is 0 Å². The van der Waals surface area contributed by atoms with E-state index in [1.165, 1.54) is 0 Å². The van der Waals surface area contributed by atoms with Crippen molar-refractivity contribution in [3.05, 3.63) is 60.4 Å². The van der Waals surface area contributed by atoms with Crippen molar-refractivity contribution in [2.24, 2.45) is 0 Å². The van der Waals surface area contributed by atoms with Crippen LogP contribution in [-0.4, -0.2) is 34.2 Å². The predicted molar refractivity (Wildman–Crippen MR) is 113 cm³/mol. The molecule has 0 saturated carbocycles. The lowest BCUT2D eigenvalue weighted by Crippen LogP contribution is -2.14. The molecule has 0 aliphatic rings. The fourth-order valence-electron chi connectivity index (χ4n) is 2.90. The number of thioether (sulfide) groups is 1. The molecular weight excluding hydrogens is 372 g/mol. The summed E-state index contributed by atoms with van der Waals surface area (Å²) >= 11 is 1.65. The van der Waals surface area contributed by atoms with Gasteiger partial charge in [-0.25, -0.2) is 0 Å². The molecule has 0 amide bonds. The molecule has 2 aromatic carbocycles. The van der Waals surface area contributed by atoms with Crippen LogP contribution >= 0.6 is 11.8 Å². The normalized spacial score (nSPS) is 11.8. The van der Waals surface area contributed by atoms with E-state index in [9.17, 15) is 0 Å². The number of rotatable bonds is 10. The van der Waals surface area contributed by atoms with E-state index >= 15 is 0 Å². The highest BCUT2D eigenvalue weighted by atomic mass is 32.2. The third-order valence-corrected chi connectivity index (χ3v) is 5.19. The molecule has 1 aromatic heterocycles. The van der Waals surface area contributed by atoms with Gasteiger partial charge in [-0.3, -0.25) is 0 Å². The van der Waals surface area contributed by atoms with Gasteiger partial charge < -0.3 is 19.4 Å². The van der Waals surface area contributed by atoms with Crippen LogP contribution in [0.1, 0.15) is 25.7 Å². The molecule has 148 valence electrons. The van der Waals surface area contributed by atoms with Crippen molar-refractivity contribution in [2.75, 3.05) is 24.8 Å². The SMILES string of the molecule is CCn1c(SCCOc2ccccc2)nnc1[C@@H](C)Nc1ccccc1OC. The lowest BCUT2D eigenvalue weighted by Gasteiger charge is -2.18. The Morgan fingerprint density at radius 2 is 1.82 bits per heavy atom. The molecule has 6 nitrogen and oxygen atoms in total. The first kappa shape index (κ1) is 20.1. The fraction of sp³-hybridized carbons (Fsp3) is 0.333. The molecule has 3 aromatic rings. The quantitative estimate of drug-likeness (QED) is 0.396. The van der Waals surface area contributed by atoms with Gasteiger partial charge in [0, 0.05) is 12.3 Å². The minimum atomic E-state index is -0.00123. The number of anilines is 1. The second kappa shape index (κ2) is 10.0. The van der Waals surface area contributed by atoms with Crippen LogP contribution in [0.15, 0.2) is 59.8 Å². The molecule has 1 heterocycles. The maximum atomic E-state index is 5.76. The largest absolute Gasteiger partial charge is 0.495 e. The molecular formula is C21H26N4O2S. The standard InChI is InChI=1S/C21H26N4O2S/c1-4-25-20(16(2)22-18-12-8-9-13-19(18)26-3)23-24-21(25)28-15-14-27-17-10-6-5-7-11-17/h5-13,16,22H,4,14-15H2,1-3H3/t16-/m1/s1. The first-order valence-electron chi connectivity index (χ1n) is 9.36. The molecule has 0 spiro atoms. The summed E-state index contributed by atoms with van der Waals surface area (Å²) in [7, 11) is 1.67. The van der Waals surface area contributed by atoms with Gasteiger partial charge in [-0.05, 0) is 38.1 Å². The van der Waals surface area contributed by atoms with Crippen LogP contribution in [0.3, 0.4) is 0 Å². The highest BCUT2D eigenvalue weighted by molar-refractivity contribution is 7.99. The number of methoxy groups -OCH3 is 1. The molecule has 0 radical (unpaired) electrons. The molecule has 7 heteroatoms. The summed E-state index contributed by atoms with van der Waals surface area (Å²) in [5, 5.41) is 13.2. The maximum absolute atomic E-state index is 5.76. The zero-order valence-electron chi connectivity index (χ0n) is 16.5. The lowest BCUT2D eigenvalue weighted by atomic mass is 10.2. The molecule has 0 saturated heterocycles. The zero-order chi connectivity index (χ0) is 19.8. The molecule has 1 N–H and O–H groups in total. The third kappa shape index (κ3) is 4.98. The Balaban J connectivity index is 1.61. The molecule has 0 bridgehead atoms. The molecule has 0 unspecified atom stereocenters. The first-order chi connectivity index (χ1) is 13.7. The average molecular weight is 399 g/mol. The Kier molecular flexibility index (Phi) is 7.19. The maximum Gasteiger partial charge on any atom is 0.191 e. The number of hydrogen-bond donors (Lipinski definition) is 1. The van der Waals surface area contributed by atoms with Crippen molar-refractivity contribution in [3.63, 3.8) is 0 Å². The monoisotopic (exact) mass is 398 g/mol. The third-order valence-electron chi connectivity index (χ3n) is 4.25. The summed E-state index contributed by atoms with van der Waals surface area (Å²) in [5.74, 6) is 3.40. The number of ether oxygens (including phenoxy) is 2. The summed E-state index contributed by atoms with van der Waals surface area (Å²) in [6.07, 6.45) is 0. The van der Waals surface area contributed by atoms with Crippen molar-refractivity contribution in [2.45, 2.75) is 31.6 Å². The van der Waals surface area contributed by atoms with Crippen molar-refractivity contribution >= 4 is 17.4 Å². The van der Waals surface area contributed by atoms with Crippen molar-refractivity contribution in [1.82, 2.24) is 14.8 Å². The number of benzene rings is 2. The van der Waals surface area contributed by atoms with Crippen LogP contribution in [0.2, 0.25) is 0 Å². The lowest BCUT2D eigenvalue weighted by molar-refractivity contribution is 0.344. The fourth-order valence-corrected chi connectivity index (χ4v) is 3.72. The van der Waals surface area contributed by atoms with Gasteiger partial charge in [0.2, 0.25) is 0 Å². The van der Waals surface area contributed by atoms with Gasteiger partial charge in [-0.1, -0.05) is 42.1 Å². The van der Waals surface area contributed by atoms with E-state index in [-0.39, 0.29) is 6.04 Å². The van der Waals surface area contributed by atoms with E-state index in [4.69, 9.17) is 9.47 Å². The number of nitrogens with zero attached hydrogens (tertiary/aromatic N) is 3. The van der Waals surface area contributed by atoms with Gasteiger partial charge in [0.05, 0.1) is 25.4 Å². The van der Waals surface area contributed by atoms with E-state index in [0.717, 1.165) is 40.5 Å². The second-order valence-electron chi connectivity index (χ2n) is 6.16. The van der Waals surface area contributed by atoms with Crippen LogP contribution in [-0.2, 0) is 6.54 Å². The zero-order valence-corrected chi connectivity index (χ0v) is 17.3. The van der Waals surface area contributed by atoms with E-state index in [1.807, 2.05) is 54.6 Å². The Hall–Kier alpha value is -2.67. The van der Waals surface area contributed by atoms with E-state index < -0.39 is 0 Å². The van der Waals surface area contributed by atoms with Crippen LogP contribution in [0.5, 0.6) is 11.5 Å². The second-order valence-corrected chi connectivity index (χ2v) is 7.22. The van der Waals surface area contributed by atoms with Crippen molar-refractivity contribution in [1.29, 1.82) is 0 Å². The number of hydrogen-bond acceptors (Lipinski definition) is 6. The van der Waals surface area contributed by atoms with Gasteiger partial charge in [-0.2, -0.15) is 0 Å². The van der Waals surface area contributed by atoms with Gasteiger partial charge in [-0.15, -0.1) is 10.2 Å². The molecule has 28 heavy (non-hydrogen) atoms. The predicted octanol–water partition coefficient (Wildman–Crippen LogP) is 4.65. The minimum Gasteiger partial charge on any atom is -0.495 e. The van der Waals surface area contributed by atoms with Gasteiger partial charge in [0.25, 0.3) is 0 Å². The van der Waals surface area contributed by atoms with Crippen LogP contribution in [0.25, 0.3) is 0 Å². The summed E-state index contributed by atoms with van der Waals surface area (Å²) in [6.45, 7) is 5.61. The Labute approximate surface area is 170 Å². The van der Waals surface area contributed by atoms with E-state index in [1.54, 1.807) is 18.9 Å². The summed E-state index contributed by atoms with van der Waals surface area (Å²) in [6, 6.07) is 17.7. The van der Waals surface area contributed by atoms with Crippen LogP contribution < -0.4 is 14.8 Å². The van der Waals surface area contributed by atoms with Crippen molar-refractivity contribution < 1.29 is 9.47 Å². The van der Waals surface area contributed by atoms with Crippen LogP contribution in [0.4, 0.5) is 5.69 Å². The molecule has 0 aliphatic carbocycles. The Bertz CT molecular complexity index is 870. The highest BCUT2D eigenvalue weighted by Crippen LogP contribution is 2.28. The molecule has 3 rings (SSSR count). The minimum absolute atomic E-state index is 0.00123. The molecule has 0 aliphatic heterocycles. The number of aromatic nitrogens is 3. The van der Waals surface area contributed by atoms with Gasteiger partial charge in [0.1, 0.15) is 11.5 Å². The Morgan fingerprint density at radius 1 is 1.07 bits per heavy atom.